The van der Waals surface area contributed by atoms with Gasteiger partial charge in [0.25, 0.3) is 5.91 Å². The van der Waals surface area contributed by atoms with Gasteiger partial charge >= 0.3 is 0 Å². The van der Waals surface area contributed by atoms with Crippen molar-refractivity contribution in [3.8, 4) is 0 Å². The Morgan fingerprint density at radius 2 is 2.00 bits per heavy atom. The van der Waals surface area contributed by atoms with Crippen molar-refractivity contribution in [3.63, 3.8) is 0 Å². The van der Waals surface area contributed by atoms with Gasteiger partial charge in [-0.2, -0.15) is 0 Å². The van der Waals surface area contributed by atoms with Crippen LogP contribution in [0.2, 0.25) is 0 Å². The molecule has 0 aromatic heterocycles. The van der Waals surface area contributed by atoms with Crippen LogP contribution in [0.3, 0.4) is 0 Å². The van der Waals surface area contributed by atoms with Crippen LogP contribution in [-0.4, -0.2) is 56.5 Å². The lowest BCUT2D eigenvalue weighted by Crippen LogP contribution is -2.46. The molecule has 1 fully saturated rings. The molecular formula is C15H22N4O2. The van der Waals surface area contributed by atoms with Crippen LogP contribution in [0.1, 0.15) is 15.9 Å². The minimum atomic E-state index is -0.128. The van der Waals surface area contributed by atoms with Gasteiger partial charge in [-0.1, -0.05) is 0 Å². The second kappa shape index (κ2) is 7.19. The standard InChI is InChI=1S/C15H22N4O2/c1-11-9-12(15(21)16-2)3-4-13(11)18-14(20)10-19-7-5-17-6-8-19/h3-4,9,17H,5-8,10H2,1-2H3,(H,16,21)(H,18,20). The Morgan fingerprint density at radius 1 is 1.29 bits per heavy atom. The molecule has 1 aliphatic rings. The molecule has 0 aliphatic carbocycles. The number of anilines is 1. The molecule has 3 N–H and O–H groups in total. The third-order valence-corrected chi connectivity index (χ3v) is 3.57. The molecule has 0 spiro atoms. The summed E-state index contributed by atoms with van der Waals surface area (Å²) in [6, 6.07) is 5.26. The number of nitrogens with one attached hydrogen (secondary N) is 3. The third kappa shape index (κ3) is 4.27. The maximum absolute atomic E-state index is 12.1. The number of nitrogens with zero attached hydrogens (tertiary/aromatic N) is 1. The van der Waals surface area contributed by atoms with E-state index in [4.69, 9.17) is 0 Å². The highest BCUT2D eigenvalue weighted by Gasteiger charge is 2.14. The van der Waals surface area contributed by atoms with Crippen LogP contribution in [0.4, 0.5) is 5.69 Å². The average Bonchev–Trinajstić information content (AvgIpc) is 2.49. The summed E-state index contributed by atoms with van der Waals surface area (Å²) in [6.45, 7) is 5.91. The van der Waals surface area contributed by atoms with Crippen LogP contribution in [0.15, 0.2) is 18.2 Å². The SMILES string of the molecule is CNC(=O)c1ccc(NC(=O)CN2CCNCC2)c(C)c1. The zero-order valence-electron chi connectivity index (χ0n) is 12.5. The van der Waals surface area contributed by atoms with Gasteiger partial charge in [0.15, 0.2) is 0 Å². The second-order valence-corrected chi connectivity index (χ2v) is 5.18. The number of hydrogen-bond donors (Lipinski definition) is 3. The molecule has 0 radical (unpaired) electrons. The summed E-state index contributed by atoms with van der Waals surface area (Å²) < 4.78 is 0. The highest BCUT2D eigenvalue weighted by molar-refractivity contribution is 5.96. The highest BCUT2D eigenvalue weighted by atomic mass is 16.2. The minimum Gasteiger partial charge on any atom is -0.355 e. The van der Waals surface area contributed by atoms with Crippen molar-refractivity contribution in [2.75, 3.05) is 45.1 Å². The molecule has 6 nitrogen and oxygen atoms in total. The van der Waals surface area contributed by atoms with Crippen LogP contribution < -0.4 is 16.0 Å². The van der Waals surface area contributed by atoms with Crippen LogP contribution in [0, 0.1) is 6.92 Å². The first-order valence-electron chi connectivity index (χ1n) is 7.16. The smallest absolute Gasteiger partial charge is 0.251 e. The zero-order chi connectivity index (χ0) is 15.2. The summed E-state index contributed by atoms with van der Waals surface area (Å²) in [5.41, 5.74) is 2.22. The molecule has 1 aliphatic heterocycles. The number of aryl methyl sites for hydroxylation is 1. The third-order valence-electron chi connectivity index (χ3n) is 3.57. The van der Waals surface area contributed by atoms with E-state index in [1.165, 1.54) is 0 Å². The van der Waals surface area contributed by atoms with Crippen LogP contribution in [-0.2, 0) is 4.79 Å². The topological polar surface area (TPSA) is 73.5 Å². The molecule has 114 valence electrons. The molecule has 0 unspecified atom stereocenters. The predicted molar refractivity (Wildman–Crippen MR) is 82.5 cm³/mol. The molecule has 1 aromatic carbocycles. The molecule has 2 rings (SSSR count). The highest BCUT2D eigenvalue weighted by Crippen LogP contribution is 2.16. The molecule has 2 amide bonds. The van der Waals surface area contributed by atoms with Crippen molar-refractivity contribution >= 4 is 17.5 Å². The first-order valence-corrected chi connectivity index (χ1v) is 7.16. The van der Waals surface area contributed by atoms with Gasteiger partial charge in [0.05, 0.1) is 6.54 Å². The Kier molecular flexibility index (Phi) is 5.30. The van der Waals surface area contributed by atoms with E-state index in [9.17, 15) is 9.59 Å². The monoisotopic (exact) mass is 290 g/mol. The van der Waals surface area contributed by atoms with E-state index in [2.05, 4.69) is 20.9 Å². The van der Waals surface area contributed by atoms with E-state index in [0.717, 1.165) is 37.4 Å². The quantitative estimate of drug-likeness (QED) is 0.740. The van der Waals surface area contributed by atoms with Gasteiger partial charge in [-0.3, -0.25) is 14.5 Å². The number of benzene rings is 1. The van der Waals surface area contributed by atoms with Gasteiger partial charge < -0.3 is 16.0 Å². The van der Waals surface area contributed by atoms with Gasteiger partial charge in [0.1, 0.15) is 0 Å². The van der Waals surface area contributed by atoms with E-state index < -0.39 is 0 Å². The number of rotatable bonds is 4. The Bertz CT molecular complexity index is 524. The Labute approximate surface area is 124 Å². The Morgan fingerprint density at radius 3 is 2.62 bits per heavy atom. The summed E-state index contributed by atoms with van der Waals surface area (Å²) in [5.74, 6) is -0.149. The maximum Gasteiger partial charge on any atom is 0.251 e. The summed E-state index contributed by atoms with van der Waals surface area (Å²) in [4.78, 5) is 25.7. The molecule has 21 heavy (non-hydrogen) atoms. The molecular weight excluding hydrogens is 268 g/mol. The van der Waals surface area contributed by atoms with Crippen molar-refractivity contribution in [2.24, 2.45) is 0 Å². The number of carbonyl (C=O) groups is 2. The van der Waals surface area contributed by atoms with Crippen molar-refractivity contribution < 1.29 is 9.59 Å². The fraction of sp³-hybridized carbons (Fsp3) is 0.467. The first-order chi connectivity index (χ1) is 10.1. The maximum atomic E-state index is 12.1. The predicted octanol–water partition coefficient (Wildman–Crippen LogP) is 0.198. The zero-order valence-corrected chi connectivity index (χ0v) is 12.5. The lowest BCUT2D eigenvalue weighted by atomic mass is 10.1. The molecule has 1 saturated heterocycles. The van der Waals surface area contributed by atoms with E-state index in [1.807, 2.05) is 6.92 Å². The summed E-state index contributed by atoms with van der Waals surface area (Å²) in [7, 11) is 1.60. The first kappa shape index (κ1) is 15.5. The Hall–Kier alpha value is -1.92. The van der Waals surface area contributed by atoms with Gasteiger partial charge in [0.2, 0.25) is 5.91 Å². The van der Waals surface area contributed by atoms with E-state index in [0.29, 0.717) is 12.1 Å². The minimum absolute atomic E-state index is 0.0207. The molecule has 0 saturated carbocycles. The molecule has 0 bridgehead atoms. The number of piperazine rings is 1. The number of carbonyl (C=O) groups excluding carboxylic acids is 2. The fourth-order valence-corrected chi connectivity index (χ4v) is 2.35. The molecule has 0 atom stereocenters. The summed E-state index contributed by atoms with van der Waals surface area (Å²) in [6.07, 6.45) is 0. The second-order valence-electron chi connectivity index (χ2n) is 5.18. The molecule has 6 heteroatoms. The van der Waals surface area contributed by atoms with Gasteiger partial charge in [-0.05, 0) is 30.7 Å². The van der Waals surface area contributed by atoms with Crippen molar-refractivity contribution in [1.29, 1.82) is 0 Å². The van der Waals surface area contributed by atoms with Crippen LogP contribution in [0.5, 0.6) is 0 Å². The van der Waals surface area contributed by atoms with Gasteiger partial charge in [0, 0.05) is 44.5 Å². The van der Waals surface area contributed by atoms with E-state index in [-0.39, 0.29) is 11.8 Å². The van der Waals surface area contributed by atoms with Crippen LogP contribution >= 0.6 is 0 Å². The van der Waals surface area contributed by atoms with Gasteiger partial charge in [-0.25, -0.2) is 0 Å². The van der Waals surface area contributed by atoms with E-state index in [1.54, 1.807) is 25.2 Å². The summed E-state index contributed by atoms with van der Waals surface area (Å²) in [5, 5.41) is 8.75. The molecule has 1 heterocycles. The van der Waals surface area contributed by atoms with E-state index >= 15 is 0 Å². The van der Waals surface area contributed by atoms with Crippen molar-refractivity contribution in [1.82, 2.24) is 15.5 Å². The number of hydrogen-bond acceptors (Lipinski definition) is 4. The van der Waals surface area contributed by atoms with Crippen molar-refractivity contribution in [3.05, 3.63) is 29.3 Å². The normalized spacial score (nSPS) is 15.5. The van der Waals surface area contributed by atoms with Crippen molar-refractivity contribution in [2.45, 2.75) is 6.92 Å². The largest absolute Gasteiger partial charge is 0.355 e. The molecule has 1 aromatic rings. The number of amides is 2. The van der Waals surface area contributed by atoms with Crippen LogP contribution in [0.25, 0.3) is 0 Å². The van der Waals surface area contributed by atoms with Gasteiger partial charge in [-0.15, -0.1) is 0 Å². The Balaban J connectivity index is 1.95. The lowest BCUT2D eigenvalue weighted by molar-refractivity contribution is -0.117. The fourth-order valence-electron chi connectivity index (χ4n) is 2.35. The lowest BCUT2D eigenvalue weighted by Gasteiger charge is -2.26. The summed E-state index contributed by atoms with van der Waals surface area (Å²) >= 11 is 0. The average molecular weight is 290 g/mol.